The molecule has 2 N–H and O–H groups in total. The van der Waals surface area contributed by atoms with Crippen molar-refractivity contribution in [1.82, 2.24) is 14.6 Å². The third-order valence-corrected chi connectivity index (χ3v) is 6.06. The molecule has 4 aromatic rings. The summed E-state index contributed by atoms with van der Waals surface area (Å²) in [4.78, 5) is 18.5. The summed E-state index contributed by atoms with van der Waals surface area (Å²) < 4.78 is 6.76. The Labute approximate surface area is 185 Å². The zero-order valence-corrected chi connectivity index (χ0v) is 18.0. The third-order valence-electron chi connectivity index (χ3n) is 6.06. The van der Waals surface area contributed by atoms with E-state index in [1.807, 2.05) is 42.5 Å². The molecule has 0 saturated heterocycles. The smallest absolute Gasteiger partial charge is 0.280 e. The van der Waals surface area contributed by atoms with Crippen molar-refractivity contribution in [2.45, 2.75) is 32.3 Å². The van der Waals surface area contributed by atoms with E-state index < -0.39 is 0 Å². The lowest BCUT2D eigenvalue weighted by Gasteiger charge is -2.14. The van der Waals surface area contributed by atoms with E-state index in [9.17, 15) is 9.90 Å². The number of allylic oxidation sites excluding steroid dienone is 2. The number of methoxy groups -OCH3 is 1. The largest absolute Gasteiger partial charge is 0.497 e. The third kappa shape index (κ3) is 3.42. The number of hydrogen-bond acceptors (Lipinski definition) is 4. The van der Waals surface area contributed by atoms with Crippen molar-refractivity contribution in [2.24, 2.45) is 0 Å². The van der Waals surface area contributed by atoms with Gasteiger partial charge >= 0.3 is 0 Å². The van der Waals surface area contributed by atoms with Gasteiger partial charge in [0.1, 0.15) is 5.75 Å². The number of aromatic nitrogens is 3. The standard InChI is InChI=1S/C26H25N3O3/c1-32-20-14-12-18(13-15-20)22-21(16-30)27-25-23(17-8-4-2-5-9-17)24(28-29(25)26(22)31)19-10-6-3-7-11-19/h3,6-8,10-15,28,30H,2,4-5,9,16H2,1H3. The maximum atomic E-state index is 13.7. The predicted octanol–water partition coefficient (Wildman–Crippen LogP) is 4.81. The minimum absolute atomic E-state index is 0.232. The minimum atomic E-state index is -0.322. The molecule has 2 heterocycles. The molecule has 6 heteroatoms. The second kappa shape index (κ2) is 8.48. The van der Waals surface area contributed by atoms with Crippen molar-refractivity contribution >= 4 is 11.2 Å². The van der Waals surface area contributed by atoms with E-state index in [4.69, 9.17) is 9.72 Å². The van der Waals surface area contributed by atoms with Crippen LogP contribution in [-0.2, 0) is 6.61 Å². The molecule has 5 rings (SSSR count). The Morgan fingerprint density at radius 2 is 1.81 bits per heavy atom. The Kier molecular flexibility index (Phi) is 5.37. The van der Waals surface area contributed by atoms with Crippen LogP contribution >= 0.6 is 0 Å². The number of aliphatic hydroxyl groups excluding tert-OH is 1. The van der Waals surface area contributed by atoms with Crippen LogP contribution in [0.1, 0.15) is 36.9 Å². The molecule has 0 spiro atoms. The topological polar surface area (TPSA) is 79.6 Å². The van der Waals surface area contributed by atoms with Crippen LogP contribution in [0.4, 0.5) is 0 Å². The number of H-pyrrole nitrogens is 1. The van der Waals surface area contributed by atoms with Crippen molar-refractivity contribution in [3.8, 4) is 28.1 Å². The molecule has 0 unspecified atom stereocenters. The van der Waals surface area contributed by atoms with Crippen LogP contribution in [0.5, 0.6) is 5.75 Å². The predicted molar refractivity (Wildman–Crippen MR) is 126 cm³/mol. The SMILES string of the molecule is COc1ccc(-c2c(CO)nc3c(C4=CCCCC4)c(-c4ccccc4)[nH]n3c2=O)cc1. The van der Waals surface area contributed by atoms with Gasteiger partial charge < -0.3 is 9.84 Å². The van der Waals surface area contributed by atoms with Gasteiger partial charge in [0.15, 0.2) is 5.65 Å². The molecule has 0 atom stereocenters. The second-order valence-electron chi connectivity index (χ2n) is 7.99. The molecule has 0 fully saturated rings. The highest BCUT2D eigenvalue weighted by Crippen LogP contribution is 2.36. The summed E-state index contributed by atoms with van der Waals surface area (Å²) in [5.41, 5.74) is 5.79. The Morgan fingerprint density at radius 3 is 2.47 bits per heavy atom. The fourth-order valence-electron chi connectivity index (χ4n) is 4.46. The van der Waals surface area contributed by atoms with Gasteiger partial charge in [-0.05, 0) is 49.0 Å². The molecule has 32 heavy (non-hydrogen) atoms. The Bertz CT molecular complexity index is 1350. The van der Waals surface area contributed by atoms with E-state index in [0.29, 0.717) is 28.2 Å². The van der Waals surface area contributed by atoms with Gasteiger partial charge in [-0.2, -0.15) is 4.52 Å². The molecule has 2 aromatic heterocycles. The first kappa shape index (κ1) is 20.3. The average molecular weight is 428 g/mol. The van der Waals surface area contributed by atoms with Crippen LogP contribution in [0.2, 0.25) is 0 Å². The molecule has 6 nitrogen and oxygen atoms in total. The van der Waals surface area contributed by atoms with Gasteiger partial charge in [-0.1, -0.05) is 48.5 Å². The van der Waals surface area contributed by atoms with Gasteiger partial charge in [0, 0.05) is 11.1 Å². The van der Waals surface area contributed by atoms with E-state index in [2.05, 4.69) is 11.2 Å². The van der Waals surface area contributed by atoms with Crippen molar-refractivity contribution < 1.29 is 9.84 Å². The lowest BCUT2D eigenvalue weighted by Crippen LogP contribution is -2.20. The monoisotopic (exact) mass is 427 g/mol. The maximum absolute atomic E-state index is 13.7. The molecular formula is C26H25N3O3. The van der Waals surface area contributed by atoms with Crippen LogP contribution < -0.4 is 10.3 Å². The zero-order chi connectivity index (χ0) is 22.1. The molecule has 0 amide bonds. The van der Waals surface area contributed by atoms with Crippen molar-refractivity contribution in [3.63, 3.8) is 0 Å². The Hall–Kier alpha value is -3.64. The number of nitrogens with one attached hydrogen (secondary N) is 1. The number of fused-ring (bicyclic) bond motifs is 1. The number of hydrogen-bond donors (Lipinski definition) is 2. The highest BCUT2D eigenvalue weighted by molar-refractivity contribution is 5.88. The van der Waals surface area contributed by atoms with Gasteiger partial charge in [0.25, 0.3) is 5.56 Å². The summed E-state index contributed by atoms with van der Waals surface area (Å²) in [6, 6.07) is 17.2. The fraction of sp³-hybridized carbons (Fsp3) is 0.231. The van der Waals surface area contributed by atoms with E-state index in [0.717, 1.165) is 36.1 Å². The van der Waals surface area contributed by atoms with Crippen LogP contribution in [0, 0.1) is 0 Å². The van der Waals surface area contributed by atoms with Crippen LogP contribution in [0.25, 0.3) is 33.6 Å². The van der Waals surface area contributed by atoms with Gasteiger partial charge in [0.05, 0.1) is 30.7 Å². The molecule has 2 aromatic carbocycles. The van der Waals surface area contributed by atoms with E-state index in [-0.39, 0.29) is 12.2 Å². The lowest BCUT2D eigenvalue weighted by molar-refractivity contribution is 0.277. The maximum Gasteiger partial charge on any atom is 0.280 e. The first-order chi connectivity index (χ1) is 15.7. The zero-order valence-electron chi connectivity index (χ0n) is 18.0. The van der Waals surface area contributed by atoms with Crippen LogP contribution in [0.3, 0.4) is 0 Å². The summed E-state index contributed by atoms with van der Waals surface area (Å²) in [5.74, 6) is 0.700. The molecule has 0 aliphatic heterocycles. The number of nitrogens with zero attached hydrogens (tertiary/aromatic N) is 2. The highest BCUT2D eigenvalue weighted by atomic mass is 16.5. The summed E-state index contributed by atoms with van der Waals surface area (Å²) in [6.07, 6.45) is 6.49. The van der Waals surface area contributed by atoms with Crippen LogP contribution in [-0.4, -0.2) is 26.8 Å². The number of aromatic amines is 1. The van der Waals surface area contributed by atoms with Crippen molar-refractivity contribution in [1.29, 1.82) is 0 Å². The fourth-order valence-corrected chi connectivity index (χ4v) is 4.46. The summed E-state index contributed by atoms with van der Waals surface area (Å²) in [5, 5.41) is 13.5. The molecule has 1 aliphatic rings. The molecule has 0 bridgehead atoms. The summed E-state index contributed by atoms with van der Waals surface area (Å²) >= 11 is 0. The van der Waals surface area contributed by atoms with Gasteiger partial charge in [-0.25, -0.2) is 4.98 Å². The average Bonchev–Trinajstić information content (AvgIpc) is 3.25. The van der Waals surface area contributed by atoms with Gasteiger partial charge in [-0.3, -0.25) is 9.89 Å². The van der Waals surface area contributed by atoms with E-state index in [1.54, 1.807) is 19.2 Å². The Balaban J connectivity index is 1.81. The van der Waals surface area contributed by atoms with Crippen LogP contribution in [0.15, 0.2) is 65.5 Å². The minimum Gasteiger partial charge on any atom is -0.497 e. The first-order valence-electron chi connectivity index (χ1n) is 10.9. The summed E-state index contributed by atoms with van der Waals surface area (Å²) in [6.45, 7) is -0.322. The second-order valence-corrected chi connectivity index (χ2v) is 7.99. The number of aliphatic hydroxyl groups is 1. The molecule has 1 aliphatic carbocycles. The first-order valence-corrected chi connectivity index (χ1v) is 10.9. The van der Waals surface area contributed by atoms with Crippen molar-refractivity contribution in [3.05, 3.63) is 82.3 Å². The molecule has 0 saturated carbocycles. The van der Waals surface area contributed by atoms with Gasteiger partial charge in [-0.15, -0.1) is 0 Å². The van der Waals surface area contributed by atoms with E-state index in [1.165, 1.54) is 16.5 Å². The van der Waals surface area contributed by atoms with Crippen molar-refractivity contribution in [2.75, 3.05) is 7.11 Å². The number of benzene rings is 2. The normalized spacial score (nSPS) is 13.9. The number of rotatable bonds is 5. The Morgan fingerprint density at radius 1 is 1.03 bits per heavy atom. The van der Waals surface area contributed by atoms with E-state index >= 15 is 0 Å². The van der Waals surface area contributed by atoms with Gasteiger partial charge in [0.2, 0.25) is 0 Å². The number of ether oxygens (including phenoxy) is 1. The molecule has 0 radical (unpaired) electrons. The molecular weight excluding hydrogens is 402 g/mol. The molecule has 162 valence electrons. The lowest BCUT2D eigenvalue weighted by atomic mass is 9.92. The quantitative estimate of drug-likeness (QED) is 0.479. The summed E-state index contributed by atoms with van der Waals surface area (Å²) in [7, 11) is 1.60. The highest BCUT2D eigenvalue weighted by Gasteiger charge is 2.23.